The van der Waals surface area contributed by atoms with Gasteiger partial charge in [0, 0.05) is 24.0 Å². The van der Waals surface area contributed by atoms with Crippen LogP contribution in [0.15, 0.2) is 24.3 Å². The van der Waals surface area contributed by atoms with Gasteiger partial charge in [0.15, 0.2) is 0 Å². The first-order valence-corrected chi connectivity index (χ1v) is 8.69. The number of alkyl halides is 2. The van der Waals surface area contributed by atoms with Gasteiger partial charge >= 0.3 is 5.92 Å². The molecule has 0 bridgehead atoms. The van der Waals surface area contributed by atoms with E-state index in [9.17, 15) is 22.8 Å². The van der Waals surface area contributed by atoms with Crippen molar-refractivity contribution in [1.82, 2.24) is 9.88 Å². The standard InChI is InChI=1S/C20H24F3N3O2/c1-11-9-13(7-8-15(11)21)24-17(27)14-10-16(26(6)12(14)2)20(22,23)18(28)25-19(3,4)5/h7-10H,1-6H3,(H,24,27)(H,25,28). The first kappa shape index (κ1) is 21.5. The van der Waals surface area contributed by atoms with E-state index in [0.29, 0.717) is 11.3 Å². The first-order valence-electron chi connectivity index (χ1n) is 8.69. The molecule has 0 aliphatic carbocycles. The predicted molar refractivity (Wildman–Crippen MR) is 101 cm³/mol. The van der Waals surface area contributed by atoms with E-state index in [1.807, 2.05) is 0 Å². The second-order valence-electron chi connectivity index (χ2n) is 7.78. The lowest BCUT2D eigenvalue weighted by Crippen LogP contribution is -2.48. The molecule has 152 valence electrons. The van der Waals surface area contributed by atoms with Crippen LogP contribution in [0.1, 0.15) is 48.1 Å². The smallest absolute Gasteiger partial charge is 0.346 e. The van der Waals surface area contributed by atoms with E-state index in [2.05, 4.69) is 10.6 Å². The Kier molecular flexibility index (Phi) is 5.64. The summed E-state index contributed by atoms with van der Waals surface area (Å²) >= 11 is 0. The van der Waals surface area contributed by atoms with Crippen LogP contribution in [-0.2, 0) is 17.8 Å². The van der Waals surface area contributed by atoms with Gasteiger partial charge in [-0.1, -0.05) is 0 Å². The molecule has 1 aromatic heterocycles. The minimum atomic E-state index is -3.82. The molecule has 0 radical (unpaired) electrons. The van der Waals surface area contributed by atoms with Gasteiger partial charge in [-0.3, -0.25) is 9.59 Å². The Morgan fingerprint density at radius 3 is 2.21 bits per heavy atom. The molecule has 0 aliphatic rings. The predicted octanol–water partition coefficient (Wildman–Crippen LogP) is 4.04. The third-order valence-corrected chi connectivity index (χ3v) is 4.29. The molecular formula is C20H24F3N3O2. The molecule has 1 aromatic carbocycles. The van der Waals surface area contributed by atoms with Crippen molar-refractivity contribution in [2.24, 2.45) is 7.05 Å². The molecule has 0 fully saturated rings. The maximum Gasteiger partial charge on any atom is 0.364 e. The normalized spacial score (nSPS) is 12.0. The Labute approximate surface area is 161 Å². The van der Waals surface area contributed by atoms with Gasteiger partial charge in [0.25, 0.3) is 11.8 Å². The summed E-state index contributed by atoms with van der Waals surface area (Å²) in [4.78, 5) is 24.6. The summed E-state index contributed by atoms with van der Waals surface area (Å²) in [6, 6.07) is 5.03. The zero-order valence-corrected chi connectivity index (χ0v) is 16.7. The number of benzene rings is 1. The van der Waals surface area contributed by atoms with Crippen LogP contribution in [-0.4, -0.2) is 21.9 Å². The molecule has 5 nitrogen and oxygen atoms in total. The maximum absolute atomic E-state index is 14.7. The Hall–Kier alpha value is -2.77. The molecule has 8 heteroatoms. The minimum absolute atomic E-state index is 0.00251. The van der Waals surface area contributed by atoms with E-state index in [1.54, 1.807) is 27.7 Å². The highest BCUT2D eigenvalue weighted by Gasteiger charge is 2.45. The number of aromatic nitrogens is 1. The van der Waals surface area contributed by atoms with Crippen molar-refractivity contribution in [3.8, 4) is 0 Å². The number of carbonyl (C=O) groups is 2. The molecule has 2 aromatic rings. The maximum atomic E-state index is 14.7. The van der Waals surface area contributed by atoms with Crippen molar-refractivity contribution in [3.63, 3.8) is 0 Å². The second kappa shape index (κ2) is 7.33. The molecule has 2 N–H and O–H groups in total. The van der Waals surface area contributed by atoms with E-state index >= 15 is 0 Å². The molecule has 0 spiro atoms. The zero-order valence-electron chi connectivity index (χ0n) is 16.7. The number of halogens is 3. The molecule has 0 saturated heterocycles. The Bertz CT molecular complexity index is 928. The average molecular weight is 395 g/mol. The minimum Gasteiger partial charge on any atom is -0.346 e. The number of nitrogens with zero attached hydrogens (tertiary/aromatic N) is 1. The zero-order chi connectivity index (χ0) is 21.4. The van der Waals surface area contributed by atoms with Crippen LogP contribution in [0, 0.1) is 19.7 Å². The van der Waals surface area contributed by atoms with Crippen LogP contribution in [0.5, 0.6) is 0 Å². The lowest BCUT2D eigenvalue weighted by atomic mass is 10.1. The number of rotatable bonds is 4. The van der Waals surface area contributed by atoms with Gasteiger partial charge in [-0.25, -0.2) is 4.39 Å². The van der Waals surface area contributed by atoms with E-state index in [-0.39, 0.29) is 11.3 Å². The Morgan fingerprint density at radius 2 is 1.68 bits per heavy atom. The van der Waals surface area contributed by atoms with E-state index < -0.39 is 34.8 Å². The van der Waals surface area contributed by atoms with Crippen LogP contribution < -0.4 is 10.6 Å². The summed E-state index contributed by atoms with van der Waals surface area (Å²) in [5.41, 5.74) is -0.467. The molecular weight excluding hydrogens is 371 g/mol. The summed E-state index contributed by atoms with van der Waals surface area (Å²) < 4.78 is 43.9. The van der Waals surface area contributed by atoms with Gasteiger partial charge in [-0.2, -0.15) is 8.78 Å². The highest BCUT2D eigenvalue weighted by atomic mass is 19.3. The van der Waals surface area contributed by atoms with Crippen molar-refractivity contribution >= 4 is 17.5 Å². The fraction of sp³-hybridized carbons (Fsp3) is 0.400. The number of anilines is 1. The molecule has 0 saturated carbocycles. The Balaban J connectivity index is 2.34. The molecule has 0 aliphatic heterocycles. The lowest BCUT2D eigenvalue weighted by Gasteiger charge is -2.25. The molecule has 28 heavy (non-hydrogen) atoms. The van der Waals surface area contributed by atoms with Gasteiger partial charge in [-0.05, 0) is 64.4 Å². The number of aryl methyl sites for hydroxylation is 1. The number of amides is 2. The number of carbonyl (C=O) groups excluding carboxylic acids is 2. The van der Waals surface area contributed by atoms with Crippen molar-refractivity contribution in [1.29, 1.82) is 0 Å². The largest absolute Gasteiger partial charge is 0.364 e. The van der Waals surface area contributed by atoms with Crippen LogP contribution in [0.25, 0.3) is 0 Å². The first-order chi connectivity index (χ1) is 12.7. The molecule has 1 heterocycles. The highest BCUT2D eigenvalue weighted by molar-refractivity contribution is 6.05. The van der Waals surface area contributed by atoms with Crippen LogP contribution in [0.4, 0.5) is 18.9 Å². The third-order valence-electron chi connectivity index (χ3n) is 4.29. The summed E-state index contributed by atoms with van der Waals surface area (Å²) in [6.45, 7) is 7.85. The van der Waals surface area contributed by atoms with E-state index in [1.165, 1.54) is 32.2 Å². The van der Waals surface area contributed by atoms with Crippen LogP contribution >= 0.6 is 0 Å². The van der Waals surface area contributed by atoms with Crippen LogP contribution in [0.2, 0.25) is 0 Å². The SMILES string of the molecule is Cc1cc(NC(=O)c2cc(C(F)(F)C(=O)NC(C)(C)C)n(C)c2C)ccc1F. The third kappa shape index (κ3) is 4.37. The topological polar surface area (TPSA) is 63.1 Å². The number of hydrogen-bond donors (Lipinski definition) is 2. The quantitative estimate of drug-likeness (QED) is 0.821. The molecule has 0 atom stereocenters. The van der Waals surface area contributed by atoms with Crippen molar-refractivity contribution in [2.45, 2.75) is 46.1 Å². The molecule has 0 unspecified atom stereocenters. The summed E-state index contributed by atoms with van der Waals surface area (Å²) in [6.07, 6.45) is 0. The molecule has 2 amide bonds. The summed E-state index contributed by atoms with van der Waals surface area (Å²) in [5, 5.41) is 4.82. The number of nitrogens with one attached hydrogen (secondary N) is 2. The summed E-state index contributed by atoms with van der Waals surface area (Å²) in [5.74, 6) is -6.31. The average Bonchev–Trinajstić information content (AvgIpc) is 2.86. The van der Waals surface area contributed by atoms with Gasteiger partial charge in [-0.15, -0.1) is 0 Å². The number of hydrogen-bond acceptors (Lipinski definition) is 2. The lowest BCUT2D eigenvalue weighted by molar-refractivity contribution is -0.149. The van der Waals surface area contributed by atoms with Crippen molar-refractivity contribution < 1.29 is 22.8 Å². The highest BCUT2D eigenvalue weighted by Crippen LogP contribution is 2.32. The van der Waals surface area contributed by atoms with Crippen molar-refractivity contribution in [2.75, 3.05) is 5.32 Å². The van der Waals surface area contributed by atoms with Gasteiger partial charge in [0.1, 0.15) is 5.82 Å². The fourth-order valence-corrected chi connectivity index (χ4v) is 2.69. The van der Waals surface area contributed by atoms with Gasteiger partial charge in [0.2, 0.25) is 0 Å². The van der Waals surface area contributed by atoms with E-state index in [4.69, 9.17) is 0 Å². The summed E-state index contributed by atoms with van der Waals surface area (Å²) in [7, 11) is 1.36. The molecule has 2 rings (SSSR count). The monoisotopic (exact) mass is 395 g/mol. The Morgan fingerprint density at radius 1 is 1.07 bits per heavy atom. The van der Waals surface area contributed by atoms with Gasteiger partial charge < -0.3 is 15.2 Å². The van der Waals surface area contributed by atoms with Crippen molar-refractivity contribution in [3.05, 3.63) is 52.6 Å². The van der Waals surface area contributed by atoms with Crippen LogP contribution in [0.3, 0.4) is 0 Å². The fourth-order valence-electron chi connectivity index (χ4n) is 2.69. The second-order valence-corrected chi connectivity index (χ2v) is 7.78. The van der Waals surface area contributed by atoms with E-state index in [0.717, 1.165) is 10.6 Å². The van der Waals surface area contributed by atoms with Gasteiger partial charge in [0.05, 0.1) is 11.3 Å².